The van der Waals surface area contributed by atoms with Crippen molar-refractivity contribution in [2.75, 3.05) is 11.4 Å². The number of pyridine rings is 1. The first-order valence-corrected chi connectivity index (χ1v) is 12.0. The van der Waals surface area contributed by atoms with Crippen LogP contribution in [0.15, 0.2) is 72.1 Å². The second-order valence-electron chi connectivity index (χ2n) is 7.89. The van der Waals surface area contributed by atoms with Crippen LogP contribution in [0.2, 0.25) is 5.02 Å². The topological polar surface area (TPSA) is 63.9 Å². The summed E-state index contributed by atoms with van der Waals surface area (Å²) in [5, 5.41) is 9.91. The molecule has 0 spiro atoms. The molecular formula is C25H22ClN5OS. The highest BCUT2D eigenvalue weighted by Gasteiger charge is 2.30. The lowest BCUT2D eigenvalue weighted by Crippen LogP contribution is -2.35. The summed E-state index contributed by atoms with van der Waals surface area (Å²) in [7, 11) is 0. The molecule has 6 nitrogen and oxygen atoms in total. The number of aromatic nitrogens is 4. The Morgan fingerprint density at radius 1 is 1.03 bits per heavy atom. The largest absolute Gasteiger partial charge is 0.311 e. The summed E-state index contributed by atoms with van der Waals surface area (Å²) in [5.74, 6) is 0.740. The maximum absolute atomic E-state index is 13.4. The fraction of sp³-hybridized carbons (Fsp3) is 0.200. The molecule has 33 heavy (non-hydrogen) atoms. The highest BCUT2D eigenvalue weighted by Crippen LogP contribution is 2.35. The molecule has 1 amide bonds. The van der Waals surface area contributed by atoms with Crippen LogP contribution in [-0.4, -0.2) is 37.5 Å². The van der Waals surface area contributed by atoms with E-state index in [0.29, 0.717) is 22.5 Å². The van der Waals surface area contributed by atoms with Gasteiger partial charge in [0, 0.05) is 35.2 Å². The number of anilines is 1. The standard InChI is InChI=1S/C25H22ClN5OS/c1-16-20(26)7-5-9-21(16)31-23(19-10-13-27-14-11-19)28-29-25(31)33-17(2)24(32)30-15-12-18-6-3-4-8-22(18)30/h3-11,13-14,17H,12,15H2,1-2H3. The van der Waals surface area contributed by atoms with Gasteiger partial charge in [0.2, 0.25) is 5.91 Å². The van der Waals surface area contributed by atoms with E-state index in [9.17, 15) is 4.79 Å². The molecule has 3 heterocycles. The lowest BCUT2D eigenvalue weighted by molar-refractivity contribution is -0.117. The fourth-order valence-electron chi connectivity index (χ4n) is 4.08. The number of carbonyl (C=O) groups excluding carboxylic acids is 1. The number of fused-ring (bicyclic) bond motifs is 1. The number of amides is 1. The minimum atomic E-state index is -0.344. The molecule has 2 aromatic heterocycles. The molecule has 0 saturated heterocycles. The van der Waals surface area contributed by atoms with Crippen LogP contribution in [0.4, 0.5) is 5.69 Å². The summed E-state index contributed by atoms with van der Waals surface area (Å²) in [6, 6.07) is 17.6. The molecule has 4 aromatic rings. The molecule has 1 atom stereocenters. The van der Waals surface area contributed by atoms with E-state index in [-0.39, 0.29) is 11.2 Å². The van der Waals surface area contributed by atoms with Gasteiger partial charge in [0.1, 0.15) is 0 Å². The van der Waals surface area contributed by atoms with Gasteiger partial charge in [0.05, 0.1) is 10.9 Å². The van der Waals surface area contributed by atoms with Crippen molar-refractivity contribution in [3.05, 3.63) is 83.1 Å². The third-order valence-corrected chi connectivity index (χ3v) is 7.27. The van der Waals surface area contributed by atoms with Crippen LogP contribution in [0.25, 0.3) is 17.1 Å². The summed E-state index contributed by atoms with van der Waals surface area (Å²) < 4.78 is 1.98. The number of hydrogen-bond acceptors (Lipinski definition) is 5. The SMILES string of the molecule is Cc1c(Cl)cccc1-n1c(SC(C)C(=O)N2CCc3ccccc32)nnc1-c1ccncc1. The first-order valence-electron chi connectivity index (χ1n) is 10.7. The Morgan fingerprint density at radius 2 is 1.79 bits per heavy atom. The van der Waals surface area contributed by atoms with Crippen molar-refractivity contribution < 1.29 is 4.79 Å². The van der Waals surface area contributed by atoms with Gasteiger partial charge in [0.15, 0.2) is 11.0 Å². The zero-order chi connectivity index (χ0) is 22.9. The number of benzene rings is 2. The zero-order valence-corrected chi connectivity index (χ0v) is 19.8. The van der Waals surface area contributed by atoms with E-state index in [1.165, 1.54) is 17.3 Å². The van der Waals surface area contributed by atoms with Gasteiger partial charge in [-0.15, -0.1) is 10.2 Å². The minimum absolute atomic E-state index is 0.0628. The number of para-hydroxylation sites is 1. The van der Waals surface area contributed by atoms with E-state index < -0.39 is 0 Å². The quantitative estimate of drug-likeness (QED) is 0.363. The predicted molar refractivity (Wildman–Crippen MR) is 132 cm³/mol. The molecule has 5 rings (SSSR count). The number of carbonyl (C=O) groups is 1. The Bertz CT molecular complexity index is 1320. The van der Waals surface area contributed by atoms with Gasteiger partial charge in [-0.05, 0) is 61.7 Å². The van der Waals surface area contributed by atoms with Crippen molar-refractivity contribution in [3.8, 4) is 17.1 Å². The molecule has 0 radical (unpaired) electrons. The molecule has 0 bridgehead atoms. The number of nitrogens with zero attached hydrogens (tertiary/aromatic N) is 5. The third kappa shape index (κ3) is 4.03. The average molecular weight is 476 g/mol. The molecule has 0 aliphatic carbocycles. The van der Waals surface area contributed by atoms with Crippen LogP contribution in [0.1, 0.15) is 18.1 Å². The smallest absolute Gasteiger partial charge is 0.240 e. The lowest BCUT2D eigenvalue weighted by Gasteiger charge is -2.21. The molecule has 166 valence electrons. The van der Waals surface area contributed by atoms with Crippen LogP contribution in [0.5, 0.6) is 0 Å². The summed E-state index contributed by atoms with van der Waals surface area (Å²) in [5.41, 5.74) is 4.90. The van der Waals surface area contributed by atoms with Gasteiger partial charge in [-0.3, -0.25) is 14.3 Å². The van der Waals surface area contributed by atoms with Gasteiger partial charge < -0.3 is 4.90 Å². The van der Waals surface area contributed by atoms with Crippen molar-refractivity contribution in [1.29, 1.82) is 0 Å². The van der Waals surface area contributed by atoms with Gasteiger partial charge in [0.25, 0.3) is 0 Å². The summed E-state index contributed by atoms with van der Waals surface area (Å²) >= 11 is 7.84. The van der Waals surface area contributed by atoms with E-state index in [4.69, 9.17) is 11.6 Å². The molecule has 0 N–H and O–H groups in total. The number of halogens is 1. The Balaban J connectivity index is 1.52. The van der Waals surface area contributed by atoms with Crippen LogP contribution in [0, 0.1) is 6.92 Å². The van der Waals surface area contributed by atoms with E-state index in [1.807, 2.05) is 71.8 Å². The predicted octanol–water partition coefficient (Wildman–Crippen LogP) is 5.36. The van der Waals surface area contributed by atoms with Gasteiger partial charge in [-0.2, -0.15) is 0 Å². The maximum Gasteiger partial charge on any atom is 0.240 e. The minimum Gasteiger partial charge on any atom is -0.311 e. The number of hydrogen-bond donors (Lipinski definition) is 0. The van der Waals surface area contributed by atoms with Gasteiger partial charge >= 0.3 is 0 Å². The third-order valence-electron chi connectivity index (χ3n) is 5.84. The van der Waals surface area contributed by atoms with E-state index in [1.54, 1.807) is 12.4 Å². The van der Waals surface area contributed by atoms with Crippen molar-refractivity contribution in [1.82, 2.24) is 19.7 Å². The molecule has 1 aliphatic rings. The highest BCUT2D eigenvalue weighted by atomic mass is 35.5. The molecule has 2 aromatic carbocycles. The second-order valence-corrected chi connectivity index (χ2v) is 9.61. The number of rotatable bonds is 5. The van der Waals surface area contributed by atoms with Crippen molar-refractivity contribution >= 4 is 35.0 Å². The Hall–Kier alpha value is -3.16. The van der Waals surface area contributed by atoms with Crippen LogP contribution in [-0.2, 0) is 11.2 Å². The number of thioether (sulfide) groups is 1. The summed E-state index contributed by atoms with van der Waals surface area (Å²) in [6.45, 7) is 4.59. The Kier molecular flexibility index (Phi) is 5.91. The molecular weight excluding hydrogens is 454 g/mol. The Morgan fingerprint density at radius 3 is 2.61 bits per heavy atom. The maximum atomic E-state index is 13.4. The van der Waals surface area contributed by atoms with Crippen LogP contribution < -0.4 is 4.90 Å². The van der Waals surface area contributed by atoms with E-state index in [0.717, 1.165) is 28.9 Å². The lowest BCUT2D eigenvalue weighted by atomic mass is 10.2. The summed E-state index contributed by atoms with van der Waals surface area (Å²) in [4.78, 5) is 19.4. The monoisotopic (exact) mass is 475 g/mol. The first kappa shape index (κ1) is 21.7. The van der Waals surface area contributed by atoms with E-state index in [2.05, 4.69) is 21.2 Å². The zero-order valence-electron chi connectivity index (χ0n) is 18.3. The fourth-order valence-corrected chi connectivity index (χ4v) is 5.18. The van der Waals surface area contributed by atoms with Crippen molar-refractivity contribution in [2.45, 2.75) is 30.7 Å². The van der Waals surface area contributed by atoms with Crippen molar-refractivity contribution in [2.24, 2.45) is 0 Å². The van der Waals surface area contributed by atoms with Gasteiger partial charge in [-0.25, -0.2) is 0 Å². The van der Waals surface area contributed by atoms with Crippen molar-refractivity contribution in [3.63, 3.8) is 0 Å². The Labute approximate surface area is 201 Å². The highest BCUT2D eigenvalue weighted by molar-refractivity contribution is 8.00. The molecule has 0 saturated carbocycles. The average Bonchev–Trinajstić information content (AvgIpc) is 3.45. The second kappa shape index (κ2) is 9.00. The summed E-state index contributed by atoms with van der Waals surface area (Å²) in [6.07, 6.45) is 4.33. The van der Waals surface area contributed by atoms with Gasteiger partial charge in [-0.1, -0.05) is 47.6 Å². The van der Waals surface area contributed by atoms with Crippen LogP contribution in [0.3, 0.4) is 0 Å². The van der Waals surface area contributed by atoms with E-state index >= 15 is 0 Å². The molecule has 1 unspecified atom stereocenters. The normalized spacial score (nSPS) is 13.7. The molecule has 0 fully saturated rings. The van der Waals surface area contributed by atoms with Crippen LogP contribution >= 0.6 is 23.4 Å². The molecule has 8 heteroatoms. The molecule has 1 aliphatic heterocycles. The first-order chi connectivity index (χ1) is 16.0.